The summed E-state index contributed by atoms with van der Waals surface area (Å²) in [5.41, 5.74) is 2.81. The average Bonchev–Trinajstić information content (AvgIpc) is 2.73. The van der Waals surface area contributed by atoms with E-state index in [9.17, 15) is 4.79 Å². The smallest absolute Gasteiger partial charge is 0.338 e. The van der Waals surface area contributed by atoms with Crippen LogP contribution in [0.5, 0.6) is 0 Å². The van der Waals surface area contributed by atoms with Gasteiger partial charge in [-0.2, -0.15) is 0 Å². The summed E-state index contributed by atoms with van der Waals surface area (Å²) in [7, 11) is 2.01. The Bertz CT molecular complexity index is 771. The summed E-state index contributed by atoms with van der Waals surface area (Å²) in [6, 6.07) is 13.9. The molecule has 1 heterocycles. The summed E-state index contributed by atoms with van der Waals surface area (Å²) in [6.07, 6.45) is 0. The van der Waals surface area contributed by atoms with Gasteiger partial charge in [-0.15, -0.1) is 0 Å². The van der Waals surface area contributed by atoms with Crippen LogP contribution in [0.25, 0.3) is 21.8 Å². The minimum absolute atomic E-state index is 0.269. The molecule has 0 spiro atoms. The maximum absolute atomic E-state index is 11.8. The Kier molecular flexibility index (Phi) is 2.75. The van der Waals surface area contributed by atoms with Gasteiger partial charge in [0.05, 0.1) is 12.2 Å². The van der Waals surface area contributed by atoms with Crippen LogP contribution in [-0.4, -0.2) is 17.1 Å². The SMILES string of the molecule is CCOC(=O)c1ccc2c3ccccc3n(C)c2c1. The average molecular weight is 253 g/mol. The van der Waals surface area contributed by atoms with Crippen LogP contribution in [0.3, 0.4) is 0 Å². The van der Waals surface area contributed by atoms with Crippen LogP contribution in [0.2, 0.25) is 0 Å². The summed E-state index contributed by atoms with van der Waals surface area (Å²) >= 11 is 0. The standard InChI is InChI=1S/C16H15NO2/c1-3-19-16(18)11-8-9-13-12-6-4-5-7-14(12)17(2)15(13)10-11/h4-10H,3H2,1-2H3. The topological polar surface area (TPSA) is 31.2 Å². The summed E-state index contributed by atoms with van der Waals surface area (Å²) in [5, 5.41) is 2.36. The zero-order valence-corrected chi connectivity index (χ0v) is 11.0. The van der Waals surface area contributed by atoms with Gasteiger partial charge in [0, 0.05) is 28.9 Å². The Hall–Kier alpha value is -2.29. The number of aryl methyl sites for hydroxylation is 1. The first-order valence-corrected chi connectivity index (χ1v) is 6.36. The maximum atomic E-state index is 11.8. The number of esters is 1. The van der Waals surface area contributed by atoms with Crippen molar-refractivity contribution in [3.05, 3.63) is 48.0 Å². The number of hydrogen-bond acceptors (Lipinski definition) is 2. The number of para-hydroxylation sites is 1. The molecular weight excluding hydrogens is 238 g/mol. The lowest BCUT2D eigenvalue weighted by molar-refractivity contribution is 0.0526. The second kappa shape index (κ2) is 4.43. The van der Waals surface area contributed by atoms with Gasteiger partial charge in [0.1, 0.15) is 0 Å². The number of carbonyl (C=O) groups excluding carboxylic acids is 1. The first-order chi connectivity index (χ1) is 9.22. The molecule has 0 aliphatic rings. The number of carbonyl (C=O) groups is 1. The van der Waals surface area contributed by atoms with E-state index in [1.807, 2.05) is 44.3 Å². The van der Waals surface area contributed by atoms with E-state index in [1.165, 1.54) is 10.9 Å². The maximum Gasteiger partial charge on any atom is 0.338 e. The molecule has 3 heteroatoms. The highest BCUT2D eigenvalue weighted by Gasteiger charge is 2.11. The molecule has 0 bridgehead atoms. The minimum Gasteiger partial charge on any atom is -0.462 e. The van der Waals surface area contributed by atoms with Crippen molar-refractivity contribution in [2.24, 2.45) is 7.05 Å². The molecular formula is C16H15NO2. The normalized spacial score (nSPS) is 11.1. The number of nitrogens with zero attached hydrogens (tertiary/aromatic N) is 1. The van der Waals surface area contributed by atoms with Gasteiger partial charge in [-0.05, 0) is 25.1 Å². The van der Waals surface area contributed by atoms with Gasteiger partial charge >= 0.3 is 5.97 Å². The molecule has 0 atom stereocenters. The fourth-order valence-electron chi connectivity index (χ4n) is 2.50. The van der Waals surface area contributed by atoms with E-state index in [0.29, 0.717) is 12.2 Å². The van der Waals surface area contributed by atoms with Crippen LogP contribution in [0.15, 0.2) is 42.5 Å². The van der Waals surface area contributed by atoms with E-state index in [-0.39, 0.29) is 5.97 Å². The van der Waals surface area contributed by atoms with Gasteiger partial charge < -0.3 is 9.30 Å². The van der Waals surface area contributed by atoms with Crippen molar-refractivity contribution in [2.45, 2.75) is 6.92 Å². The van der Waals surface area contributed by atoms with Crippen LogP contribution < -0.4 is 0 Å². The van der Waals surface area contributed by atoms with E-state index in [2.05, 4.69) is 16.7 Å². The molecule has 0 unspecified atom stereocenters. The highest BCUT2D eigenvalue weighted by Crippen LogP contribution is 2.28. The largest absolute Gasteiger partial charge is 0.462 e. The number of rotatable bonds is 2. The Morgan fingerprint density at radius 2 is 1.84 bits per heavy atom. The second-order valence-corrected chi connectivity index (χ2v) is 4.53. The lowest BCUT2D eigenvalue weighted by atomic mass is 10.1. The summed E-state index contributed by atoms with van der Waals surface area (Å²) < 4.78 is 7.15. The van der Waals surface area contributed by atoms with Crippen molar-refractivity contribution < 1.29 is 9.53 Å². The van der Waals surface area contributed by atoms with Gasteiger partial charge in [-0.1, -0.05) is 24.3 Å². The summed E-state index contributed by atoms with van der Waals surface area (Å²) in [4.78, 5) is 11.8. The van der Waals surface area contributed by atoms with Crippen molar-refractivity contribution >= 4 is 27.8 Å². The number of hydrogen-bond donors (Lipinski definition) is 0. The van der Waals surface area contributed by atoms with Crippen molar-refractivity contribution in [3.8, 4) is 0 Å². The van der Waals surface area contributed by atoms with Crippen LogP contribution in [0, 0.1) is 0 Å². The van der Waals surface area contributed by atoms with Gasteiger partial charge in [0.2, 0.25) is 0 Å². The van der Waals surface area contributed by atoms with Gasteiger partial charge in [-0.3, -0.25) is 0 Å². The molecule has 0 amide bonds. The molecule has 0 aliphatic carbocycles. The number of ether oxygens (including phenoxy) is 1. The van der Waals surface area contributed by atoms with Crippen molar-refractivity contribution in [1.29, 1.82) is 0 Å². The molecule has 0 N–H and O–H groups in total. The van der Waals surface area contributed by atoms with Crippen molar-refractivity contribution in [2.75, 3.05) is 6.61 Å². The molecule has 3 aromatic rings. The minimum atomic E-state index is -0.269. The zero-order chi connectivity index (χ0) is 13.4. The molecule has 2 aromatic carbocycles. The second-order valence-electron chi connectivity index (χ2n) is 4.53. The summed E-state index contributed by atoms with van der Waals surface area (Å²) in [6.45, 7) is 2.21. The Balaban J connectivity index is 2.26. The fraction of sp³-hybridized carbons (Fsp3) is 0.188. The van der Waals surface area contributed by atoms with E-state index in [4.69, 9.17) is 4.74 Å². The van der Waals surface area contributed by atoms with Crippen LogP contribution in [0.1, 0.15) is 17.3 Å². The van der Waals surface area contributed by atoms with Gasteiger partial charge in [0.15, 0.2) is 0 Å². The van der Waals surface area contributed by atoms with Gasteiger partial charge in [-0.25, -0.2) is 4.79 Å². The molecule has 0 fully saturated rings. The van der Waals surface area contributed by atoms with Crippen molar-refractivity contribution in [1.82, 2.24) is 4.57 Å². The molecule has 0 saturated heterocycles. The summed E-state index contributed by atoms with van der Waals surface area (Å²) in [5.74, 6) is -0.269. The van der Waals surface area contributed by atoms with Crippen molar-refractivity contribution in [3.63, 3.8) is 0 Å². The number of aromatic nitrogens is 1. The quantitative estimate of drug-likeness (QED) is 0.654. The highest BCUT2D eigenvalue weighted by molar-refractivity contribution is 6.09. The van der Waals surface area contributed by atoms with Gasteiger partial charge in [0.25, 0.3) is 0 Å². The zero-order valence-electron chi connectivity index (χ0n) is 11.0. The fourth-order valence-corrected chi connectivity index (χ4v) is 2.50. The van der Waals surface area contributed by atoms with Crippen LogP contribution in [0.4, 0.5) is 0 Å². The Labute approximate surface area is 111 Å². The molecule has 0 saturated carbocycles. The predicted molar refractivity (Wildman–Crippen MR) is 76.4 cm³/mol. The lowest BCUT2D eigenvalue weighted by Gasteiger charge is -2.03. The third kappa shape index (κ3) is 1.78. The third-order valence-electron chi connectivity index (χ3n) is 3.43. The first-order valence-electron chi connectivity index (χ1n) is 6.36. The Morgan fingerprint density at radius 3 is 2.63 bits per heavy atom. The highest BCUT2D eigenvalue weighted by atomic mass is 16.5. The third-order valence-corrected chi connectivity index (χ3v) is 3.43. The molecule has 3 rings (SSSR count). The Morgan fingerprint density at radius 1 is 1.11 bits per heavy atom. The van der Waals surface area contributed by atoms with E-state index >= 15 is 0 Å². The van der Waals surface area contributed by atoms with E-state index in [0.717, 1.165) is 10.9 Å². The molecule has 0 radical (unpaired) electrons. The predicted octanol–water partition coefficient (Wildman–Crippen LogP) is 3.51. The molecule has 1 aromatic heterocycles. The first kappa shape index (κ1) is 11.8. The van der Waals surface area contributed by atoms with Crippen LogP contribution in [-0.2, 0) is 11.8 Å². The van der Waals surface area contributed by atoms with E-state index < -0.39 is 0 Å². The van der Waals surface area contributed by atoms with E-state index in [1.54, 1.807) is 0 Å². The number of benzene rings is 2. The molecule has 19 heavy (non-hydrogen) atoms. The molecule has 3 nitrogen and oxygen atoms in total. The molecule has 0 aliphatic heterocycles. The number of fused-ring (bicyclic) bond motifs is 3. The lowest BCUT2D eigenvalue weighted by Crippen LogP contribution is -2.04. The van der Waals surface area contributed by atoms with Crippen LogP contribution >= 0.6 is 0 Å². The monoisotopic (exact) mass is 253 g/mol. The molecule has 96 valence electrons.